The maximum absolute atomic E-state index is 2.49. The van der Waals surface area contributed by atoms with E-state index in [-0.39, 0.29) is 0 Å². The summed E-state index contributed by atoms with van der Waals surface area (Å²) in [5.41, 5.74) is 19.1. The van der Waals surface area contributed by atoms with Gasteiger partial charge in [0.15, 0.2) is 0 Å². The predicted molar refractivity (Wildman–Crippen MR) is 297 cm³/mol. The molecule has 2 aromatic heterocycles. The van der Waals surface area contributed by atoms with E-state index in [1.165, 1.54) is 121 Å². The van der Waals surface area contributed by atoms with Crippen molar-refractivity contribution in [3.8, 4) is 67.0 Å². The van der Waals surface area contributed by atoms with Crippen molar-refractivity contribution in [2.75, 3.05) is 0 Å². The zero-order valence-electron chi connectivity index (χ0n) is 38.3. The summed E-state index contributed by atoms with van der Waals surface area (Å²) < 4.78 is 4.80. The molecule has 0 radical (unpaired) electrons. The molecule has 70 heavy (non-hydrogen) atoms. The van der Waals surface area contributed by atoms with Crippen molar-refractivity contribution in [1.82, 2.24) is 9.13 Å². The van der Waals surface area contributed by atoms with Crippen LogP contribution in [0.4, 0.5) is 0 Å². The van der Waals surface area contributed by atoms with E-state index < -0.39 is 0 Å². The summed E-state index contributed by atoms with van der Waals surface area (Å²) in [7, 11) is 0. The zero-order valence-corrected chi connectivity index (χ0v) is 38.3. The van der Waals surface area contributed by atoms with Gasteiger partial charge in [0, 0.05) is 32.9 Å². The fourth-order valence-corrected chi connectivity index (χ4v) is 11.5. The van der Waals surface area contributed by atoms with Gasteiger partial charge >= 0.3 is 0 Å². The molecule has 2 heteroatoms. The minimum absolute atomic E-state index is 1.16. The van der Waals surface area contributed by atoms with Gasteiger partial charge in [-0.2, -0.15) is 0 Å². The Morgan fingerprint density at radius 1 is 0.186 bits per heavy atom. The maximum Gasteiger partial charge on any atom is 0.0541 e. The monoisotopic (exact) mass is 888 g/mol. The third kappa shape index (κ3) is 6.27. The standard InChI is InChI=1S/C68H44N2/c1-5-20-45(21-6-1)53-32-19-33-54(46-22-7-2-8-23-46)67(53)68-57-34-17-30-51(47-38-40-65-61(42-47)55-28-13-15-36-63(55)69(65)49-24-9-3-10-25-49)59(57)44-60-52(31-18-35-58(60)68)48-39-41-66-62(43-48)56-29-14-16-37-64(56)70(66)50-26-11-4-12-27-50/h1-44H. The molecule has 2 nitrogen and oxygen atoms in total. The summed E-state index contributed by atoms with van der Waals surface area (Å²) in [4.78, 5) is 0. The molecule has 0 aliphatic heterocycles. The van der Waals surface area contributed by atoms with E-state index in [0.717, 1.165) is 11.4 Å². The van der Waals surface area contributed by atoms with Crippen molar-refractivity contribution in [2.45, 2.75) is 0 Å². The summed E-state index contributed by atoms with van der Waals surface area (Å²) in [6, 6.07) is 98.3. The highest BCUT2D eigenvalue weighted by atomic mass is 15.0. The van der Waals surface area contributed by atoms with Crippen LogP contribution in [0.3, 0.4) is 0 Å². The van der Waals surface area contributed by atoms with E-state index in [9.17, 15) is 0 Å². The fourth-order valence-electron chi connectivity index (χ4n) is 11.5. The summed E-state index contributed by atoms with van der Waals surface area (Å²) in [5, 5.41) is 9.82. The topological polar surface area (TPSA) is 9.86 Å². The van der Waals surface area contributed by atoms with Gasteiger partial charge < -0.3 is 9.13 Å². The minimum atomic E-state index is 1.16. The lowest BCUT2D eigenvalue weighted by molar-refractivity contribution is 1.18. The molecule has 0 atom stereocenters. The zero-order chi connectivity index (χ0) is 46.1. The largest absolute Gasteiger partial charge is 0.309 e. The molecule has 326 valence electrons. The molecule has 12 aromatic carbocycles. The Kier molecular flexibility index (Phi) is 9.25. The van der Waals surface area contributed by atoms with Crippen LogP contribution < -0.4 is 0 Å². The second-order valence-electron chi connectivity index (χ2n) is 18.4. The summed E-state index contributed by atoms with van der Waals surface area (Å²) in [6.45, 7) is 0. The normalized spacial score (nSPS) is 11.7. The Balaban J connectivity index is 1.09. The molecule has 14 rings (SSSR count). The number of rotatable bonds is 7. The van der Waals surface area contributed by atoms with Gasteiger partial charge in [0.25, 0.3) is 0 Å². The van der Waals surface area contributed by atoms with Crippen molar-refractivity contribution in [3.05, 3.63) is 267 Å². The fraction of sp³-hybridized carbons (Fsp3) is 0. The third-order valence-electron chi connectivity index (χ3n) is 14.5. The smallest absolute Gasteiger partial charge is 0.0541 e. The number of aromatic nitrogens is 2. The van der Waals surface area contributed by atoms with Crippen molar-refractivity contribution >= 4 is 65.2 Å². The lowest BCUT2D eigenvalue weighted by Gasteiger charge is -2.22. The number of fused-ring (bicyclic) bond motifs is 8. The van der Waals surface area contributed by atoms with Gasteiger partial charge in [-0.1, -0.05) is 200 Å². The Hall–Kier alpha value is -9.24. The molecule has 0 spiro atoms. The van der Waals surface area contributed by atoms with Crippen LogP contribution in [0.25, 0.3) is 132 Å². The first-order valence-electron chi connectivity index (χ1n) is 24.2. The van der Waals surface area contributed by atoms with E-state index in [1.807, 2.05) is 0 Å². The first-order valence-corrected chi connectivity index (χ1v) is 24.2. The summed E-state index contributed by atoms with van der Waals surface area (Å²) in [5.74, 6) is 0. The van der Waals surface area contributed by atoms with Gasteiger partial charge in [0.1, 0.15) is 0 Å². The molecule has 0 amide bonds. The van der Waals surface area contributed by atoms with Crippen LogP contribution in [-0.4, -0.2) is 9.13 Å². The molecule has 0 saturated carbocycles. The van der Waals surface area contributed by atoms with Crippen molar-refractivity contribution in [1.29, 1.82) is 0 Å². The summed E-state index contributed by atoms with van der Waals surface area (Å²) in [6.07, 6.45) is 0. The molecular weight excluding hydrogens is 845 g/mol. The SMILES string of the molecule is c1ccc(-c2cccc(-c3ccccc3)c2-c2c3cccc(-c4ccc5c(c4)c4ccccc4n5-c4ccccc4)c3cc3c(-c4ccc5c(c4)c4ccccc4n5-c4ccccc4)cccc23)cc1. The number of benzene rings is 12. The molecule has 0 saturated heterocycles. The van der Waals surface area contributed by atoms with Crippen LogP contribution in [0.1, 0.15) is 0 Å². The highest BCUT2D eigenvalue weighted by Crippen LogP contribution is 2.50. The highest BCUT2D eigenvalue weighted by molar-refractivity contribution is 6.23. The van der Waals surface area contributed by atoms with Crippen LogP contribution in [0, 0.1) is 0 Å². The van der Waals surface area contributed by atoms with Crippen LogP contribution in [-0.2, 0) is 0 Å². The second-order valence-corrected chi connectivity index (χ2v) is 18.4. The average molecular weight is 889 g/mol. The van der Waals surface area contributed by atoms with E-state index in [1.54, 1.807) is 0 Å². The van der Waals surface area contributed by atoms with Crippen LogP contribution >= 0.6 is 0 Å². The number of nitrogens with zero attached hydrogens (tertiary/aromatic N) is 2. The average Bonchev–Trinajstić information content (AvgIpc) is 3.95. The molecule has 0 unspecified atom stereocenters. The van der Waals surface area contributed by atoms with Crippen LogP contribution in [0.2, 0.25) is 0 Å². The molecule has 0 aliphatic carbocycles. The van der Waals surface area contributed by atoms with E-state index in [0.29, 0.717) is 0 Å². The predicted octanol–water partition coefficient (Wildman–Crippen LogP) is 18.5. The van der Waals surface area contributed by atoms with E-state index in [4.69, 9.17) is 0 Å². The maximum atomic E-state index is 2.49. The molecule has 0 bridgehead atoms. The van der Waals surface area contributed by atoms with E-state index >= 15 is 0 Å². The van der Waals surface area contributed by atoms with Gasteiger partial charge in [-0.3, -0.25) is 0 Å². The number of hydrogen-bond acceptors (Lipinski definition) is 0. The van der Waals surface area contributed by atoms with Crippen LogP contribution in [0.5, 0.6) is 0 Å². The van der Waals surface area contributed by atoms with Crippen LogP contribution in [0.15, 0.2) is 267 Å². The molecule has 2 heterocycles. The molecule has 0 N–H and O–H groups in total. The van der Waals surface area contributed by atoms with Gasteiger partial charge in [0.05, 0.1) is 22.1 Å². The summed E-state index contributed by atoms with van der Waals surface area (Å²) >= 11 is 0. The van der Waals surface area contributed by atoms with Gasteiger partial charge in [-0.05, 0) is 144 Å². The molecular formula is C68H44N2. The highest BCUT2D eigenvalue weighted by Gasteiger charge is 2.23. The molecule has 14 aromatic rings. The Bertz CT molecular complexity index is 4040. The van der Waals surface area contributed by atoms with Gasteiger partial charge in [-0.15, -0.1) is 0 Å². The van der Waals surface area contributed by atoms with Gasteiger partial charge in [0.2, 0.25) is 0 Å². The molecule has 0 aliphatic rings. The lowest BCUT2D eigenvalue weighted by atomic mass is 9.81. The van der Waals surface area contributed by atoms with Crippen molar-refractivity contribution < 1.29 is 0 Å². The van der Waals surface area contributed by atoms with Crippen molar-refractivity contribution in [3.63, 3.8) is 0 Å². The number of hydrogen-bond donors (Lipinski definition) is 0. The Morgan fingerprint density at radius 2 is 0.543 bits per heavy atom. The third-order valence-corrected chi connectivity index (χ3v) is 14.5. The lowest BCUT2D eigenvalue weighted by Crippen LogP contribution is -1.95. The first kappa shape index (κ1) is 39.9. The minimum Gasteiger partial charge on any atom is -0.309 e. The van der Waals surface area contributed by atoms with Crippen molar-refractivity contribution in [2.24, 2.45) is 0 Å². The quantitative estimate of drug-likeness (QED) is 0.141. The first-order chi connectivity index (χ1) is 34.8. The Labute approximate surface area is 406 Å². The Morgan fingerprint density at radius 3 is 1.00 bits per heavy atom. The van der Waals surface area contributed by atoms with Gasteiger partial charge in [-0.25, -0.2) is 0 Å². The second kappa shape index (κ2) is 16.2. The number of para-hydroxylation sites is 4. The molecule has 0 fully saturated rings. The van der Waals surface area contributed by atoms with E-state index in [2.05, 4.69) is 276 Å².